The van der Waals surface area contributed by atoms with Crippen LogP contribution in [-0.2, 0) is 12.8 Å². The van der Waals surface area contributed by atoms with Crippen LogP contribution in [0.25, 0.3) is 0 Å². The van der Waals surface area contributed by atoms with Crippen LogP contribution in [0.5, 0.6) is 0 Å². The molecule has 0 aliphatic carbocycles. The number of benzene rings is 2. The second-order valence-electron chi connectivity index (χ2n) is 24.7. The van der Waals surface area contributed by atoms with Gasteiger partial charge < -0.3 is 0 Å². The quantitative estimate of drug-likeness (QED) is 0.0358. The van der Waals surface area contributed by atoms with Gasteiger partial charge in [-0.05, 0) is 67.9 Å². The molecule has 0 heterocycles. The molecule has 0 unspecified atom stereocenters. The van der Waals surface area contributed by atoms with E-state index in [2.05, 4.69) is 105 Å². The molecule has 0 saturated carbocycles. The lowest BCUT2D eigenvalue weighted by Gasteiger charge is -2.06. The minimum Gasteiger partial charge on any atom is -0.254 e. The van der Waals surface area contributed by atoms with Gasteiger partial charge in [-0.25, -0.2) is 4.99 Å². The zero-order valence-corrected chi connectivity index (χ0v) is 54.3. The van der Waals surface area contributed by atoms with Crippen LogP contribution in [0.1, 0.15) is 379 Å². The molecule has 0 radical (unpaired) electrons. The maximum Gasteiger partial charge on any atom is 0.0816 e. The van der Waals surface area contributed by atoms with Gasteiger partial charge in [0.2, 0.25) is 0 Å². The highest BCUT2D eigenvalue weighted by atomic mass is 14.8. The van der Waals surface area contributed by atoms with E-state index in [9.17, 15) is 0 Å². The molecule has 0 aliphatic heterocycles. The molecule has 2 rings (SSSR count). The SMILES string of the molecule is CCCCCCCCCCCCCCCCC#CCCc1ccccc1N=CC(/C=C/CCCCCCCCCCCCCCCCCCCCCCC)=Nc1ccccc1CCC#CCCCCCCCCCCCCCCCC. The molecule has 0 aliphatic rings. The zero-order chi connectivity index (χ0) is 57.5. The van der Waals surface area contributed by atoms with Crippen LogP contribution < -0.4 is 0 Å². The van der Waals surface area contributed by atoms with E-state index in [0.717, 1.165) is 62.0 Å². The van der Waals surface area contributed by atoms with Crippen LogP contribution in [0, 0.1) is 23.7 Å². The third kappa shape index (κ3) is 49.8. The van der Waals surface area contributed by atoms with Gasteiger partial charge in [0.1, 0.15) is 0 Å². The molecule has 2 nitrogen and oxygen atoms in total. The van der Waals surface area contributed by atoms with E-state index in [1.807, 2.05) is 6.21 Å². The van der Waals surface area contributed by atoms with Crippen LogP contribution >= 0.6 is 0 Å². The second kappa shape index (κ2) is 61.2. The van der Waals surface area contributed by atoms with E-state index in [0.29, 0.717) is 0 Å². The number of hydrogen-bond acceptors (Lipinski definition) is 2. The van der Waals surface area contributed by atoms with E-state index in [1.54, 1.807) is 0 Å². The lowest BCUT2D eigenvalue weighted by atomic mass is 10.0. The van der Waals surface area contributed by atoms with Gasteiger partial charge in [0.25, 0.3) is 0 Å². The molecule has 0 saturated heterocycles. The predicted octanol–water partition coefficient (Wildman–Crippen LogP) is 26.9. The van der Waals surface area contributed by atoms with E-state index in [-0.39, 0.29) is 0 Å². The van der Waals surface area contributed by atoms with Crippen molar-refractivity contribution in [3.05, 3.63) is 71.8 Å². The molecule has 458 valence electrons. The van der Waals surface area contributed by atoms with Crippen molar-refractivity contribution in [2.75, 3.05) is 0 Å². The molecule has 0 amide bonds. The molecule has 0 fully saturated rings. The Balaban J connectivity index is 1.81. The maximum absolute atomic E-state index is 5.29. The van der Waals surface area contributed by atoms with Crippen molar-refractivity contribution in [1.82, 2.24) is 0 Å². The molecular weight excluding hydrogens is 977 g/mol. The summed E-state index contributed by atoms with van der Waals surface area (Å²) in [4.78, 5) is 10.4. The first-order valence-electron chi connectivity index (χ1n) is 36.1. The summed E-state index contributed by atoms with van der Waals surface area (Å²) in [6.07, 6.45) is 82.2. The summed E-state index contributed by atoms with van der Waals surface area (Å²) >= 11 is 0. The third-order valence-corrected chi connectivity index (χ3v) is 16.9. The lowest BCUT2D eigenvalue weighted by Crippen LogP contribution is -1.97. The van der Waals surface area contributed by atoms with E-state index in [1.165, 1.54) is 326 Å². The number of hydrogen-bond donors (Lipinski definition) is 0. The van der Waals surface area contributed by atoms with Gasteiger partial charge in [0.15, 0.2) is 0 Å². The highest BCUT2D eigenvalue weighted by Gasteiger charge is 2.05. The van der Waals surface area contributed by atoms with Gasteiger partial charge in [0.05, 0.1) is 23.3 Å². The number of allylic oxidation sites excluding steroid dienone is 2. The van der Waals surface area contributed by atoms with Gasteiger partial charge in [-0.3, -0.25) is 4.99 Å². The van der Waals surface area contributed by atoms with Gasteiger partial charge in [0, 0.05) is 25.7 Å². The first kappa shape index (κ1) is 73.7. The zero-order valence-electron chi connectivity index (χ0n) is 54.3. The van der Waals surface area contributed by atoms with Crippen LogP contribution in [0.3, 0.4) is 0 Å². The molecule has 0 N–H and O–H groups in total. The van der Waals surface area contributed by atoms with E-state index >= 15 is 0 Å². The number of aliphatic imine (C=N–C) groups is 2. The fourth-order valence-electron chi connectivity index (χ4n) is 11.5. The topological polar surface area (TPSA) is 24.7 Å². The largest absolute Gasteiger partial charge is 0.254 e. The molecule has 0 spiro atoms. The fourth-order valence-corrected chi connectivity index (χ4v) is 11.5. The summed E-state index contributed by atoms with van der Waals surface area (Å²) in [5.41, 5.74) is 5.50. The number of rotatable bonds is 58. The summed E-state index contributed by atoms with van der Waals surface area (Å²) in [5.74, 6) is 14.0. The lowest BCUT2D eigenvalue weighted by molar-refractivity contribution is 0.520. The van der Waals surface area contributed by atoms with Crippen molar-refractivity contribution in [2.45, 2.75) is 380 Å². The molecular formula is C79H132N2. The Labute approximate surface area is 506 Å². The van der Waals surface area contributed by atoms with Crippen molar-refractivity contribution in [2.24, 2.45) is 9.98 Å². The van der Waals surface area contributed by atoms with Crippen LogP contribution in [-0.4, -0.2) is 11.9 Å². The molecule has 81 heavy (non-hydrogen) atoms. The van der Waals surface area contributed by atoms with Crippen molar-refractivity contribution >= 4 is 23.3 Å². The monoisotopic (exact) mass is 1110 g/mol. The highest BCUT2D eigenvalue weighted by Crippen LogP contribution is 2.24. The minimum absolute atomic E-state index is 0.875. The molecule has 0 bridgehead atoms. The second-order valence-corrected chi connectivity index (χ2v) is 24.7. The summed E-state index contributed by atoms with van der Waals surface area (Å²) in [6.45, 7) is 6.92. The Morgan fingerprint density at radius 3 is 0.926 bits per heavy atom. The van der Waals surface area contributed by atoms with Gasteiger partial charge >= 0.3 is 0 Å². The van der Waals surface area contributed by atoms with E-state index in [4.69, 9.17) is 9.98 Å². The van der Waals surface area contributed by atoms with Crippen LogP contribution in [0.4, 0.5) is 11.4 Å². The summed E-state index contributed by atoms with van der Waals surface area (Å²) in [5, 5.41) is 0. The Hall–Kier alpha value is -3.36. The Kier molecular flexibility index (Phi) is 55.7. The number of nitrogens with zero attached hydrogens (tertiary/aromatic N) is 2. The van der Waals surface area contributed by atoms with Crippen LogP contribution in [0.2, 0.25) is 0 Å². The number of para-hydroxylation sites is 2. The fraction of sp³-hybridized carbons (Fsp3) is 0.747. The van der Waals surface area contributed by atoms with E-state index < -0.39 is 0 Å². The maximum atomic E-state index is 5.29. The van der Waals surface area contributed by atoms with Crippen LogP contribution in [0.15, 0.2) is 70.7 Å². The minimum atomic E-state index is 0.875. The molecule has 2 heteroatoms. The average Bonchev–Trinajstić information content (AvgIpc) is 3.51. The summed E-state index contributed by atoms with van der Waals surface area (Å²) < 4.78 is 0. The van der Waals surface area contributed by atoms with Crippen molar-refractivity contribution in [3.8, 4) is 23.7 Å². The number of unbranched alkanes of at least 4 members (excludes halogenated alkanes) is 49. The number of aryl methyl sites for hydroxylation is 2. The molecule has 0 atom stereocenters. The first-order valence-corrected chi connectivity index (χ1v) is 36.1. The summed E-state index contributed by atoms with van der Waals surface area (Å²) in [7, 11) is 0. The summed E-state index contributed by atoms with van der Waals surface area (Å²) in [6, 6.07) is 17.3. The first-order chi connectivity index (χ1) is 40.3. The van der Waals surface area contributed by atoms with Gasteiger partial charge in [-0.15, -0.1) is 23.7 Å². The van der Waals surface area contributed by atoms with Crippen molar-refractivity contribution in [1.29, 1.82) is 0 Å². The Morgan fingerprint density at radius 1 is 0.309 bits per heavy atom. The Morgan fingerprint density at radius 2 is 0.580 bits per heavy atom. The standard InChI is InChI=1S/C79H132N2/c1-4-7-10-13-16-19-22-25-28-31-34-35-36-37-38-41-44-47-50-53-56-59-62-71-77(81-79-73-66-64-70-76(79)68-61-58-55-52-49-46-43-40-33-30-27-24-21-18-15-12-9-6-3)74-80-78-72-65-63-69-75(78)67-60-57-54-51-48-45-42-39-32-29-26-23-20-17-14-11-8-5-2/h62-66,69-74H,4-53,56,59-61,67-68H2,1-3H3/b71-62+,80-74?,81-77?. The smallest absolute Gasteiger partial charge is 0.0816 e. The van der Waals surface area contributed by atoms with Gasteiger partial charge in [-0.1, -0.05) is 359 Å². The Bertz CT molecular complexity index is 1860. The van der Waals surface area contributed by atoms with Gasteiger partial charge in [-0.2, -0.15) is 0 Å². The molecule has 2 aromatic carbocycles. The third-order valence-electron chi connectivity index (χ3n) is 16.9. The normalized spacial score (nSPS) is 11.7. The molecule has 0 aromatic heterocycles. The molecule has 2 aromatic rings. The average molecular weight is 1110 g/mol. The predicted molar refractivity (Wildman–Crippen MR) is 367 cm³/mol. The van der Waals surface area contributed by atoms with Crippen molar-refractivity contribution in [3.63, 3.8) is 0 Å². The van der Waals surface area contributed by atoms with Crippen molar-refractivity contribution < 1.29 is 0 Å². The highest BCUT2D eigenvalue weighted by molar-refractivity contribution is 6.36.